The third-order valence-electron chi connectivity index (χ3n) is 3.40. The summed E-state index contributed by atoms with van der Waals surface area (Å²) < 4.78 is 1.63. The van der Waals surface area contributed by atoms with Gasteiger partial charge in [0.05, 0.1) is 5.56 Å². The summed E-state index contributed by atoms with van der Waals surface area (Å²) >= 11 is 6.18. The van der Waals surface area contributed by atoms with Gasteiger partial charge in [0.15, 0.2) is 5.65 Å². The summed E-state index contributed by atoms with van der Waals surface area (Å²) in [5, 5.41) is 17.6. The number of nitrogens with zero attached hydrogens (tertiary/aromatic N) is 5. The Morgan fingerprint density at radius 1 is 1.27 bits per heavy atom. The van der Waals surface area contributed by atoms with Crippen molar-refractivity contribution in [1.82, 2.24) is 19.5 Å². The van der Waals surface area contributed by atoms with E-state index in [0.29, 0.717) is 16.4 Å². The molecule has 22 heavy (non-hydrogen) atoms. The molecule has 0 unspecified atom stereocenters. The summed E-state index contributed by atoms with van der Waals surface area (Å²) in [4.78, 5) is 2.11. The lowest BCUT2D eigenvalue weighted by molar-refractivity contribution is 0.402. The fourth-order valence-corrected chi connectivity index (χ4v) is 2.63. The van der Waals surface area contributed by atoms with Gasteiger partial charge in [-0.05, 0) is 31.3 Å². The van der Waals surface area contributed by atoms with E-state index in [1.54, 1.807) is 10.5 Å². The molecule has 0 aliphatic rings. The van der Waals surface area contributed by atoms with E-state index in [0.717, 1.165) is 17.7 Å². The van der Waals surface area contributed by atoms with Gasteiger partial charge < -0.3 is 4.90 Å². The Morgan fingerprint density at radius 3 is 2.64 bits per heavy atom. The van der Waals surface area contributed by atoms with E-state index in [1.807, 2.05) is 26.2 Å². The molecular formula is C16H14ClN5. The van der Waals surface area contributed by atoms with Crippen LogP contribution in [0.3, 0.4) is 0 Å². The summed E-state index contributed by atoms with van der Waals surface area (Å²) in [6.07, 6.45) is 1.52. The van der Waals surface area contributed by atoms with Gasteiger partial charge in [0.25, 0.3) is 0 Å². The van der Waals surface area contributed by atoms with Crippen molar-refractivity contribution in [3.8, 4) is 17.2 Å². The van der Waals surface area contributed by atoms with Gasteiger partial charge >= 0.3 is 0 Å². The van der Waals surface area contributed by atoms with E-state index in [-0.39, 0.29) is 0 Å². The van der Waals surface area contributed by atoms with Gasteiger partial charge in [-0.15, -0.1) is 10.2 Å². The molecule has 0 saturated heterocycles. The number of hydrogen-bond donors (Lipinski definition) is 0. The Morgan fingerprint density at radius 2 is 2.00 bits per heavy atom. The van der Waals surface area contributed by atoms with E-state index in [2.05, 4.69) is 33.3 Å². The van der Waals surface area contributed by atoms with Gasteiger partial charge in [0.2, 0.25) is 0 Å². The molecule has 0 radical (unpaired) electrons. The quantitative estimate of drug-likeness (QED) is 0.698. The second-order valence-electron chi connectivity index (χ2n) is 5.33. The molecule has 1 aromatic carbocycles. The first-order valence-corrected chi connectivity index (χ1v) is 7.14. The van der Waals surface area contributed by atoms with Gasteiger partial charge in [0.1, 0.15) is 17.5 Å². The lowest BCUT2D eigenvalue weighted by Gasteiger charge is -2.11. The number of hydrogen-bond acceptors (Lipinski definition) is 4. The van der Waals surface area contributed by atoms with Crippen LogP contribution in [0.15, 0.2) is 36.7 Å². The maximum atomic E-state index is 9.24. The molecule has 0 fully saturated rings. The molecule has 0 atom stereocenters. The van der Waals surface area contributed by atoms with Crippen molar-refractivity contribution in [3.05, 3.63) is 52.9 Å². The summed E-state index contributed by atoms with van der Waals surface area (Å²) in [7, 11) is 4.07. The number of pyridine rings is 1. The van der Waals surface area contributed by atoms with E-state index >= 15 is 0 Å². The molecule has 2 heterocycles. The molecule has 0 aliphatic carbocycles. The fraction of sp³-hybridized carbons (Fsp3) is 0.188. The standard InChI is InChI=1S/C16H14ClN5/c1-21(2)9-11-3-5-12(6-4-11)14-7-13(8-18)15(17)22-10-19-20-16(14)22/h3-7,10H,9H2,1-2H3. The van der Waals surface area contributed by atoms with Crippen molar-refractivity contribution in [1.29, 1.82) is 5.26 Å². The molecular weight excluding hydrogens is 298 g/mol. The van der Waals surface area contributed by atoms with Crippen molar-refractivity contribution in [2.24, 2.45) is 0 Å². The van der Waals surface area contributed by atoms with Gasteiger partial charge in [-0.2, -0.15) is 5.26 Å². The van der Waals surface area contributed by atoms with Crippen LogP contribution in [0.1, 0.15) is 11.1 Å². The molecule has 0 amide bonds. The number of rotatable bonds is 3. The van der Waals surface area contributed by atoms with E-state index in [1.165, 1.54) is 11.9 Å². The maximum absolute atomic E-state index is 9.24. The molecule has 110 valence electrons. The minimum atomic E-state index is 0.329. The van der Waals surface area contributed by atoms with Crippen LogP contribution >= 0.6 is 11.6 Å². The lowest BCUT2D eigenvalue weighted by atomic mass is 10.0. The average molecular weight is 312 g/mol. The lowest BCUT2D eigenvalue weighted by Crippen LogP contribution is -2.10. The van der Waals surface area contributed by atoms with Crippen LogP contribution in [0.5, 0.6) is 0 Å². The SMILES string of the molecule is CN(C)Cc1ccc(-c2cc(C#N)c(Cl)n3cnnc23)cc1. The first-order valence-electron chi connectivity index (χ1n) is 6.76. The average Bonchev–Trinajstić information content (AvgIpc) is 2.98. The molecule has 0 spiro atoms. The van der Waals surface area contributed by atoms with Crippen LogP contribution in [0, 0.1) is 11.3 Å². The Labute approximate surface area is 133 Å². The van der Waals surface area contributed by atoms with Crippen molar-refractivity contribution in [2.45, 2.75) is 6.54 Å². The molecule has 3 rings (SSSR count). The highest BCUT2D eigenvalue weighted by Crippen LogP contribution is 2.29. The van der Waals surface area contributed by atoms with E-state index in [9.17, 15) is 5.26 Å². The van der Waals surface area contributed by atoms with Crippen molar-refractivity contribution >= 4 is 17.2 Å². The van der Waals surface area contributed by atoms with Crippen molar-refractivity contribution in [2.75, 3.05) is 14.1 Å². The molecule has 6 heteroatoms. The first kappa shape index (κ1) is 14.5. The Balaban J connectivity index is 2.12. The van der Waals surface area contributed by atoms with Crippen LogP contribution in [0.4, 0.5) is 0 Å². The number of benzene rings is 1. The number of fused-ring (bicyclic) bond motifs is 1. The monoisotopic (exact) mass is 311 g/mol. The Kier molecular flexibility index (Phi) is 3.80. The minimum Gasteiger partial charge on any atom is -0.305 e. The fourth-order valence-electron chi connectivity index (χ4n) is 2.41. The highest BCUT2D eigenvalue weighted by atomic mass is 35.5. The zero-order chi connectivity index (χ0) is 15.7. The molecule has 0 N–H and O–H groups in total. The van der Waals surface area contributed by atoms with Gasteiger partial charge in [-0.25, -0.2) is 0 Å². The molecule has 0 saturated carbocycles. The normalized spacial score (nSPS) is 11.0. The zero-order valence-electron chi connectivity index (χ0n) is 12.3. The largest absolute Gasteiger partial charge is 0.305 e. The second kappa shape index (κ2) is 5.76. The Hall–Kier alpha value is -2.42. The zero-order valence-corrected chi connectivity index (χ0v) is 13.0. The third-order valence-corrected chi connectivity index (χ3v) is 3.78. The summed E-state index contributed by atoms with van der Waals surface area (Å²) in [5.74, 6) is 0. The highest BCUT2D eigenvalue weighted by Gasteiger charge is 2.13. The highest BCUT2D eigenvalue weighted by molar-refractivity contribution is 6.31. The first-order chi connectivity index (χ1) is 10.6. The van der Waals surface area contributed by atoms with Crippen LogP contribution in [0.2, 0.25) is 5.15 Å². The number of halogens is 1. The molecule has 3 aromatic rings. The summed E-state index contributed by atoms with van der Waals surface area (Å²) in [6, 6.07) is 12.1. The minimum absolute atomic E-state index is 0.329. The second-order valence-corrected chi connectivity index (χ2v) is 5.69. The smallest absolute Gasteiger partial charge is 0.169 e. The molecule has 2 aromatic heterocycles. The molecule has 0 bridgehead atoms. The van der Waals surface area contributed by atoms with E-state index < -0.39 is 0 Å². The van der Waals surface area contributed by atoms with E-state index in [4.69, 9.17) is 11.6 Å². The Bertz CT molecular complexity index is 859. The van der Waals surface area contributed by atoms with Crippen molar-refractivity contribution in [3.63, 3.8) is 0 Å². The maximum Gasteiger partial charge on any atom is 0.169 e. The van der Waals surface area contributed by atoms with Crippen LogP contribution in [0.25, 0.3) is 16.8 Å². The summed E-state index contributed by atoms with van der Waals surface area (Å²) in [6.45, 7) is 0.880. The number of aromatic nitrogens is 3. The predicted octanol–water partition coefficient (Wildman–Crippen LogP) is 2.98. The third kappa shape index (κ3) is 2.54. The van der Waals surface area contributed by atoms with Crippen molar-refractivity contribution < 1.29 is 0 Å². The summed E-state index contributed by atoms with van der Waals surface area (Å²) in [5.41, 5.74) is 4.09. The van der Waals surface area contributed by atoms with Crippen LogP contribution < -0.4 is 0 Å². The number of nitriles is 1. The molecule has 0 aliphatic heterocycles. The van der Waals surface area contributed by atoms with Gasteiger partial charge in [-0.3, -0.25) is 4.40 Å². The van der Waals surface area contributed by atoms with Gasteiger partial charge in [0, 0.05) is 12.1 Å². The van der Waals surface area contributed by atoms with Gasteiger partial charge in [-0.1, -0.05) is 35.9 Å². The topological polar surface area (TPSA) is 57.2 Å². The predicted molar refractivity (Wildman–Crippen MR) is 85.5 cm³/mol. The van der Waals surface area contributed by atoms with Crippen LogP contribution in [-0.4, -0.2) is 33.6 Å². The molecule has 5 nitrogen and oxygen atoms in total. The van der Waals surface area contributed by atoms with Crippen LogP contribution in [-0.2, 0) is 6.54 Å².